The minimum Gasteiger partial charge on any atom is -0.377 e. The van der Waals surface area contributed by atoms with Gasteiger partial charge in [-0.2, -0.15) is 0 Å². The summed E-state index contributed by atoms with van der Waals surface area (Å²) in [7, 11) is 0. The van der Waals surface area contributed by atoms with Gasteiger partial charge in [0.1, 0.15) is 0 Å². The van der Waals surface area contributed by atoms with E-state index in [1.54, 1.807) is 12.4 Å². The summed E-state index contributed by atoms with van der Waals surface area (Å²) in [6, 6.07) is 6.22. The molecule has 4 bridgehead atoms. The van der Waals surface area contributed by atoms with E-state index < -0.39 is 17.5 Å². The van der Waals surface area contributed by atoms with Crippen molar-refractivity contribution < 1.29 is 13.2 Å². The molecule has 1 heterocycles. The van der Waals surface area contributed by atoms with Gasteiger partial charge in [0, 0.05) is 28.7 Å². The quantitative estimate of drug-likeness (QED) is 0.362. The van der Waals surface area contributed by atoms with Gasteiger partial charge >= 0.3 is 0 Å². The molecule has 0 atom stereocenters. The zero-order valence-electron chi connectivity index (χ0n) is 21.1. The number of anilines is 1. The lowest BCUT2D eigenvalue weighted by molar-refractivity contribution is 0.0106. The fourth-order valence-electron chi connectivity index (χ4n) is 7.86. The van der Waals surface area contributed by atoms with E-state index >= 15 is 8.78 Å². The molecule has 2 aromatic carbocycles. The summed E-state index contributed by atoms with van der Waals surface area (Å²) >= 11 is 0. The second-order valence-electron chi connectivity index (χ2n) is 12.2. The molecule has 0 amide bonds. The van der Waals surface area contributed by atoms with Crippen molar-refractivity contribution in [3.8, 4) is 5.69 Å². The summed E-state index contributed by atoms with van der Waals surface area (Å²) in [5, 5.41) is 4.06. The lowest BCUT2D eigenvalue weighted by Gasteiger charge is -2.57. The third-order valence-electron chi connectivity index (χ3n) is 8.97. The molecule has 4 aliphatic carbocycles. The van der Waals surface area contributed by atoms with Crippen molar-refractivity contribution >= 4 is 16.5 Å². The molecule has 7 rings (SSSR count). The Hall–Kier alpha value is -2.43. The molecule has 0 radical (unpaired) electrons. The highest BCUT2D eigenvalue weighted by Gasteiger charge is 2.51. The van der Waals surface area contributed by atoms with Crippen molar-refractivity contribution in [1.82, 2.24) is 4.57 Å². The average Bonchev–Trinajstić information content (AvgIpc) is 3.24. The van der Waals surface area contributed by atoms with E-state index in [1.807, 2.05) is 4.57 Å². The van der Waals surface area contributed by atoms with E-state index in [9.17, 15) is 4.39 Å². The number of rotatable bonds is 5. The first-order chi connectivity index (χ1) is 16.7. The number of para-hydroxylation sites is 1. The Morgan fingerprint density at radius 1 is 0.771 bits per heavy atom. The molecule has 4 aliphatic rings. The Morgan fingerprint density at radius 2 is 1.29 bits per heavy atom. The number of fused-ring (bicyclic) bond motifs is 1. The molecule has 0 saturated heterocycles. The zero-order chi connectivity index (χ0) is 24.6. The molecule has 1 aromatic heterocycles. The molecule has 4 saturated carbocycles. The summed E-state index contributed by atoms with van der Waals surface area (Å²) < 4.78 is 47.3. The minimum atomic E-state index is -1.39. The van der Waals surface area contributed by atoms with E-state index in [2.05, 4.69) is 51.2 Å². The first-order valence-electron chi connectivity index (χ1n) is 13.2. The van der Waals surface area contributed by atoms with Crippen molar-refractivity contribution in [2.45, 2.75) is 83.6 Å². The highest BCUT2D eigenvalue weighted by atomic mass is 19.2. The predicted octanol–water partition coefficient (Wildman–Crippen LogP) is 8.68. The van der Waals surface area contributed by atoms with Crippen LogP contribution < -0.4 is 5.32 Å². The normalized spacial score (nSPS) is 27.5. The van der Waals surface area contributed by atoms with Crippen LogP contribution in [0.4, 0.5) is 18.9 Å². The number of hydrogen-bond donors (Lipinski definition) is 1. The average molecular weight is 481 g/mol. The Bertz CT molecular complexity index is 1240. The second-order valence-corrected chi connectivity index (χ2v) is 12.2. The van der Waals surface area contributed by atoms with Crippen LogP contribution in [0.1, 0.15) is 89.2 Å². The van der Waals surface area contributed by atoms with Gasteiger partial charge in [-0.15, -0.1) is 0 Å². The van der Waals surface area contributed by atoms with Crippen molar-refractivity contribution in [2.75, 3.05) is 5.32 Å². The Balaban J connectivity index is 1.52. The molecule has 0 aliphatic heterocycles. The van der Waals surface area contributed by atoms with Gasteiger partial charge in [0.25, 0.3) is 0 Å². The molecule has 35 heavy (non-hydrogen) atoms. The Kier molecular flexibility index (Phi) is 5.28. The monoisotopic (exact) mass is 480 g/mol. The first kappa shape index (κ1) is 23.0. The molecular weight excluding hydrogens is 445 g/mol. The van der Waals surface area contributed by atoms with Gasteiger partial charge in [0.05, 0.1) is 11.4 Å². The smallest absolute Gasteiger partial charge is 0.197 e. The van der Waals surface area contributed by atoms with E-state index in [0.717, 1.165) is 36.1 Å². The van der Waals surface area contributed by atoms with Crippen LogP contribution in [0.25, 0.3) is 16.5 Å². The molecule has 1 N–H and O–H groups in total. The van der Waals surface area contributed by atoms with Crippen LogP contribution in [0.15, 0.2) is 30.6 Å². The Labute approximate surface area is 205 Å². The van der Waals surface area contributed by atoms with Crippen LogP contribution in [0.3, 0.4) is 0 Å². The number of benzene rings is 2. The molecule has 4 fully saturated rings. The highest BCUT2D eigenvalue weighted by Crippen LogP contribution is 2.57. The van der Waals surface area contributed by atoms with E-state index in [4.69, 9.17) is 0 Å². The molecule has 3 aromatic rings. The highest BCUT2D eigenvalue weighted by molar-refractivity contribution is 5.95. The third-order valence-corrected chi connectivity index (χ3v) is 8.97. The van der Waals surface area contributed by atoms with Crippen LogP contribution in [0.2, 0.25) is 0 Å². The largest absolute Gasteiger partial charge is 0.377 e. The van der Waals surface area contributed by atoms with E-state index in [1.165, 1.54) is 19.3 Å². The summed E-state index contributed by atoms with van der Waals surface area (Å²) in [5.74, 6) is -1.11. The summed E-state index contributed by atoms with van der Waals surface area (Å²) in [4.78, 5) is 0. The van der Waals surface area contributed by atoms with Crippen LogP contribution in [-0.2, 0) is 0 Å². The number of nitrogens with one attached hydrogen (secondary N) is 1. The van der Waals surface area contributed by atoms with E-state index in [-0.39, 0.29) is 28.4 Å². The molecule has 186 valence electrons. The third kappa shape index (κ3) is 3.60. The number of halogens is 3. The maximum absolute atomic E-state index is 15.4. The molecule has 5 heteroatoms. The van der Waals surface area contributed by atoms with E-state index in [0.29, 0.717) is 23.1 Å². The number of nitrogens with zero attached hydrogens (tertiary/aromatic N) is 1. The standard InChI is InChI=1S/C30H35F3N2/c1-16(2)21-6-5-7-22(17(3)4)29(21)35-14-23-24(15-35)28(27(33)26(32)25(23)31)34-30-11-18-8-19(12-30)10-20(9-18)13-30/h5-7,14-20,34H,8-13H2,1-4H3. The lowest BCUT2D eigenvalue weighted by atomic mass is 9.53. The topological polar surface area (TPSA) is 17.0 Å². The minimum absolute atomic E-state index is 0.129. The van der Waals surface area contributed by atoms with Crippen LogP contribution >= 0.6 is 0 Å². The van der Waals surface area contributed by atoms with Gasteiger partial charge < -0.3 is 9.88 Å². The molecular formula is C30H35F3N2. The predicted molar refractivity (Wildman–Crippen MR) is 136 cm³/mol. The van der Waals surface area contributed by atoms with Gasteiger partial charge in [-0.25, -0.2) is 13.2 Å². The fraction of sp³-hybridized carbons (Fsp3) is 0.533. The van der Waals surface area contributed by atoms with Crippen LogP contribution in [0, 0.1) is 35.2 Å². The second kappa shape index (κ2) is 8.04. The Morgan fingerprint density at radius 3 is 1.80 bits per heavy atom. The van der Waals surface area contributed by atoms with Gasteiger partial charge in [0.2, 0.25) is 0 Å². The maximum atomic E-state index is 15.4. The van der Waals surface area contributed by atoms with Crippen molar-refractivity contribution in [1.29, 1.82) is 0 Å². The molecule has 2 nitrogen and oxygen atoms in total. The van der Waals surface area contributed by atoms with Crippen LogP contribution in [-0.4, -0.2) is 10.1 Å². The van der Waals surface area contributed by atoms with Crippen LogP contribution in [0.5, 0.6) is 0 Å². The first-order valence-corrected chi connectivity index (χ1v) is 13.2. The summed E-state index contributed by atoms with van der Waals surface area (Å²) in [5.41, 5.74) is 3.16. The van der Waals surface area contributed by atoms with Crippen molar-refractivity contribution in [3.05, 3.63) is 59.2 Å². The summed E-state index contributed by atoms with van der Waals surface area (Å²) in [6.07, 6.45) is 10.2. The van der Waals surface area contributed by atoms with Gasteiger partial charge in [0.15, 0.2) is 17.5 Å². The maximum Gasteiger partial charge on any atom is 0.197 e. The lowest BCUT2D eigenvalue weighted by Crippen LogP contribution is -2.54. The van der Waals surface area contributed by atoms with Crippen molar-refractivity contribution in [3.63, 3.8) is 0 Å². The molecule has 0 spiro atoms. The molecule has 0 unspecified atom stereocenters. The summed E-state index contributed by atoms with van der Waals surface area (Å²) in [6.45, 7) is 8.52. The van der Waals surface area contributed by atoms with Gasteiger partial charge in [-0.05, 0) is 79.2 Å². The zero-order valence-corrected chi connectivity index (χ0v) is 21.1. The number of hydrogen-bond acceptors (Lipinski definition) is 1. The van der Waals surface area contributed by atoms with Crippen molar-refractivity contribution in [2.24, 2.45) is 17.8 Å². The fourth-order valence-corrected chi connectivity index (χ4v) is 7.86. The van der Waals surface area contributed by atoms with Gasteiger partial charge in [-0.1, -0.05) is 45.9 Å². The van der Waals surface area contributed by atoms with Gasteiger partial charge in [-0.3, -0.25) is 0 Å². The SMILES string of the molecule is CC(C)c1cccc(C(C)C)c1-n1cc2c(F)c(F)c(F)c(NC34CC5CC(CC(C5)C3)C4)c2c1. The number of aromatic nitrogens is 1.